The van der Waals surface area contributed by atoms with Crippen LogP contribution in [0.25, 0.3) is 0 Å². The van der Waals surface area contributed by atoms with Gasteiger partial charge in [-0.15, -0.1) is 0 Å². The van der Waals surface area contributed by atoms with Crippen molar-refractivity contribution in [2.45, 2.75) is 19.6 Å². The van der Waals surface area contributed by atoms with Crippen molar-refractivity contribution in [1.82, 2.24) is 5.32 Å². The fraction of sp³-hybridized carbons (Fsp3) is 0.294. The van der Waals surface area contributed by atoms with E-state index in [-0.39, 0.29) is 6.61 Å². The molecule has 106 valence electrons. The molecule has 0 aliphatic rings. The molecule has 0 radical (unpaired) electrons. The zero-order valence-electron chi connectivity index (χ0n) is 11.8. The van der Waals surface area contributed by atoms with Gasteiger partial charge in [0.15, 0.2) is 0 Å². The second-order valence-corrected chi connectivity index (χ2v) is 4.71. The Kier molecular flexibility index (Phi) is 5.59. The number of aliphatic hydroxyl groups is 1. The second-order valence-electron chi connectivity index (χ2n) is 4.71. The molecule has 0 aliphatic carbocycles. The van der Waals surface area contributed by atoms with Gasteiger partial charge < -0.3 is 15.2 Å². The Labute approximate surface area is 120 Å². The Morgan fingerprint density at radius 1 is 1.00 bits per heavy atom. The van der Waals surface area contributed by atoms with Crippen LogP contribution >= 0.6 is 0 Å². The average Bonchev–Trinajstić information content (AvgIpc) is 2.52. The third kappa shape index (κ3) is 4.08. The molecular weight excluding hydrogens is 250 g/mol. The number of hydrogen-bond acceptors (Lipinski definition) is 3. The lowest BCUT2D eigenvalue weighted by molar-refractivity contribution is 0.282. The quantitative estimate of drug-likeness (QED) is 0.760. The van der Waals surface area contributed by atoms with Gasteiger partial charge in [-0.25, -0.2) is 0 Å². The molecule has 0 heterocycles. The van der Waals surface area contributed by atoms with Crippen LogP contribution in [-0.4, -0.2) is 18.8 Å². The number of aliphatic hydroxyl groups excluding tert-OH is 1. The molecule has 0 fully saturated rings. The summed E-state index contributed by atoms with van der Waals surface area (Å²) < 4.78 is 5.33. The Hall–Kier alpha value is -1.84. The molecule has 0 amide bonds. The van der Waals surface area contributed by atoms with Gasteiger partial charge in [-0.05, 0) is 35.7 Å². The molecule has 20 heavy (non-hydrogen) atoms. The van der Waals surface area contributed by atoms with Gasteiger partial charge in [-0.2, -0.15) is 0 Å². The molecule has 2 aromatic carbocycles. The summed E-state index contributed by atoms with van der Waals surface area (Å²) in [6, 6.07) is 16.1. The molecule has 2 rings (SSSR count). The molecule has 0 aliphatic heterocycles. The molecule has 0 spiro atoms. The number of ether oxygens (including phenoxy) is 1. The van der Waals surface area contributed by atoms with Crippen molar-refractivity contribution in [2.24, 2.45) is 0 Å². The molecule has 2 N–H and O–H groups in total. The van der Waals surface area contributed by atoms with Crippen molar-refractivity contribution >= 4 is 0 Å². The molecule has 0 saturated carbocycles. The van der Waals surface area contributed by atoms with Crippen LogP contribution in [0, 0.1) is 0 Å². The van der Waals surface area contributed by atoms with Gasteiger partial charge >= 0.3 is 0 Å². The molecular formula is C17H21NO2. The summed E-state index contributed by atoms with van der Waals surface area (Å²) in [5.74, 6) is 0.946. The van der Waals surface area contributed by atoms with Crippen LogP contribution in [0.5, 0.6) is 5.75 Å². The minimum atomic E-state index is 0.0987. The molecule has 0 atom stereocenters. The highest BCUT2D eigenvalue weighted by atomic mass is 16.5. The van der Waals surface area contributed by atoms with E-state index in [0.717, 1.165) is 30.8 Å². The predicted octanol–water partition coefficient (Wildman–Crippen LogP) is 2.52. The van der Waals surface area contributed by atoms with E-state index < -0.39 is 0 Å². The minimum absolute atomic E-state index is 0.0987. The average molecular weight is 271 g/mol. The summed E-state index contributed by atoms with van der Waals surface area (Å²) in [6.45, 7) is 1.84. The highest BCUT2D eigenvalue weighted by molar-refractivity contribution is 5.33. The maximum absolute atomic E-state index is 8.99. The predicted molar refractivity (Wildman–Crippen MR) is 80.8 cm³/mol. The Balaban J connectivity index is 1.78. The fourth-order valence-electron chi connectivity index (χ4n) is 2.13. The van der Waals surface area contributed by atoms with Crippen LogP contribution in [0.1, 0.15) is 16.7 Å². The minimum Gasteiger partial charge on any atom is -0.496 e. The summed E-state index contributed by atoms with van der Waals surface area (Å²) in [6.07, 6.45) is 0.943. The smallest absolute Gasteiger partial charge is 0.122 e. The van der Waals surface area contributed by atoms with Crippen LogP contribution < -0.4 is 10.1 Å². The molecule has 0 aromatic heterocycles. The van der Waals surface area contributed by atoms with E-state index in [9.17, 15) is 0 Å². The van der Waals surface area contributed by atoms with Crippen molar-refractivity contribution < 1.29 is 9.84 Å². The first kappa shape index (κ1) is 14.6. The van der Waals surface area contributed by atoms with Gasteiger partial charge in [0, 0.05) is 6.54 Å². The summed E-state index contributed by atoms with van der Waals surface area (Å²) in [5, 5.41) is 12.4. The zero-order valence-corrected chi connectivity index (χ0v) is 11.8. The van der Waals surface area contributed by atoms with E-state index >= 15 is 0 Å². The monoisotopic (exact) mass is 271 g/mol. The van der Waals surface area contributed by atoms with Gasteiger partial charge in [0.2, 0.25) is 0 Å². The standard InChI is InChI=1S/C17H21NO2/c1-20-17-5-3-2-4-16(17)10-11-18-12-14-6-8-15(13-19)9-7-14/h2-9,18-19H,10-13H2,1H3. The molecule has 0 unspecified atom stereocenters. The highest BCUT2D eigenvalue weighted by Crippen LogP contribution is 2.17. The van der Waals surface area contributed by atoms with E-state index in [1.54, 1.807) is 7.11 Å². The number of nitrogens with one attached hydrogen (secondary N) is 1. The van der Waals surface area contributed by atoms with E-state index in [1.165, 1.54) is 11.1 Å². The van der Waals surface area contributed by atoms with Crippen molar-refractivity contribution in [3.63, 3.8) is 0 Å². The van der Waals surface area contributed by atoms with Gasteiger partial charge in [0.1, 0.15) is 5.75 Å². The maximum atomic E-state index is 8.99. The second kappa shape index (κ2) is 7.68. The first-order valence-corrected chi connectivity index (χ1v) is 6.85. The highest BCUT2D eigenvalue weighted by Gasteiger charge is 2.01. The SMILES string of the molecule is COc1ccccc1CCNCc1ccc(CO)cc1. The van der Waals surface area contributed by atoms with E-state index in [0.29, 0.717) is 0 Å². The zero-order chi connectivity index (χ0) is 14.2. The summed E-state index contributed by atoms with van der Waals surface area (Å²) in [5.41, 5.74) is 3.39. The largest absolute Gasteiger partial charge is 0.496 e. The van der Waals surface area contributed by atoms with Crippen molar-refractivity contribution in [1.29, 1.82) is 0 Å². The third-order valence-corrected chi connectivity index (χ3v) is 3.30. The summed E-state index contributed by atoms with van der Waals surface area (Å²) in [7, 11) is 1.70. The molecule has 3 heteroatoms. The first-order valence-electron chi connectivity index (χ1n) is 6.85. The lowest BCUT2D eigenvalue weighted by atomic mass is 10.1. The van der Waals surface area contributed by atoms with Gasteiger partial charge in [0.05, 0.1) is 13.7 Å². The van der Waals surface area contributed by atoms with Crippen LogP contribution in [0.4, 0.5) is 0 Å². The number of methoxy groups -OCH3 is 1. The molecule has 0 bridgehead atoms. The third-order valence-electron chi connectivity index (χ3n) is 3.30. The molecule has 3 nitrogen and oxygen atoms in total. The normalized spacial score (nSPS) is 10.5. The lowest BCUT2D eigenvalue weighted by Gasteiger charge is -2.09. The molecule has 0 saturated heterocycles. The Bertz CT molecular complexity index is 523. The van der Waals surface area contributed by atoms with Crippen LogP contribution in [-0.2, 0) is 19.6 Å². The van der Waals surface area contributed by atoms with Gasteiger partial charge in [-0.3, -0.25) is 0 Å². The van der Waals surface area contributed by atoms with E-state index in [4.69, 9.17) is 9.84 Å². The fourth-order valence-corrected chi connectivity index (χ4v) is 2.13. The number of benzene rings is 2. The Morgan fingerprint density at radius 2 is 1.70 bits per heavy atom. The van der Waals surface area contributed by atoms with E-state index in [2.05, 4.69) is 11.4 Å². The number of rotatable bonds is 7. The Morgan fingerprint density at radius 3 is 2.40 bits per heavy atom. The van der Waals surface area contributed by atoms with Crippen LogP contribution in [0.3, 0.4) is 0 Å². The van der Waals surface area contributed by atoms with Crippen molar-refractivity contribution in [2.75, 3.05) is 13.7 Å². The number of hydrogen-bond donors (Lipinski definition) is 2. The van der Waals surface area contributed by atoms with Crippen LogP contribution in [0.15, 0.2) is 48.5 Å². The maximum Gasteiger partial charge on any atom is 0.122 e. The van der Waals surface area contributed by atoms with Crippen molar-refractivity contribution in [3.05, 3.63) is 65.2 Å². The lowest BCUT2D eigenvalue weighted by Crippen LogP contribution is -2.16. The van der Waals surface area contributed by atoms with Gasteiger partial charge in [-0.1, -0.05) is 42.5 Å². The first-order chi connectivity index (χ1) is 9.83. The summed E-state index contributed by atoms with van der Waals surface area (Å²) >= 11 is 0. The van der Waals surface area contributed by atoms with E-state index in [1.807, 2.05) is 42.5 Å². The summed E-state index contributed by atoms with van der Waals surface area (Å²) in [4.78, 5) is 0. The van der Waals surface area contributed by atoms with Crippen molar-refractivity contribution in [3.8, 4) is 5.75 Å². The molecule has 2 aromatic rings. The number of para-hydroxylation sites is 1. The van der Waals surface area contributed by atoms with Gasteiger partial charge in [0.25, 0.3) is 0 Å². The topological polar surface area (TPSA) is 41.5 Å². The van der Waals surface area contributed by atoms with Crippen LogP contribution in [0.2, 0.25) is 0 Å².